The first-order valence-corrected chi connectivity index (χ1v) is 17.1. The van der Waals surface area contributed by atoms with E-state index in [1.807, 2.05) is 27.9 Å². The van der Waals surface area contributed by atoms with Crippen molar-refractivity contribution in [2.45, 2.75) is 129 Å². The maximum atomic E-state index is 12.1. The Kier molecular flexibility index (Phi) is 27.1. The van der Waals surface area contributed by atoms with Crippen LogP contribution in [0, 0.1) is 0 Å². The van der Waals surface area contributed by atoms with Gasteiger partial charge in [-0.2, -0.15) is 0 Å². The largest absolute Gasteiger partial charge is 0.477 e. The molecule has 0 radical (unpaired) electrons. The molecule has 0 rings (SSSR count). The van der Waals surface area contributed by atoms with Gasteiger partial charge in [0.15, 0.2) is 6.54 Å². The molecule has 0 aromatic carbocycles. The number of aliphatic hydroxyl groups is 2. The highest BCUT2D eigenvalue weighted by Crippen LogP contribution is 2.20. The van der Waals surface area contributed by atoms with Crippen LogP contribution in [0.3, 0.4) is 0 Å². The third kappa shape index (κ3) is 24.9. The second kappa shape index (κ2) is 27.9. The monoisotopic (exact) mass is 635 g/mol. The molecule has 0 aliphatic heterocycles. The summed E-state index contributed by atoms with van der Waals surface area (Å²) in [5, 5.41) is 33.9. The zero-order chi connectivity index (χ0) is 33.1. The molecular weight excluding hydrogens is 568 g/mol. The van der Waals surface area contributed by atoms with Crippen LogP contribution in [0.15, 0.2) is 0 Å². The SMILES string of the molecule is CCCCCC(OCCOCC)C(O)CC(O)C(CCCCCCCC(=O)NCCC[N+](C)(C)CC(=O)O)OCCOCC. The van der Waals surface area contributed by atoms with E-state index in [1.54, 1.807) is 0 Å². The van der Waals surface area contributed by atoms with Gasteiger partial charge in [0.2, 0.25) is 5.91 Å². The molecule has 0 saturated heterocycles. The number of hydrogen-bond donors (Lipinski definition) is 4. The number of likely N-dealkylation sites (N-methyl/N-ethyl adjacent to an activating group) is 1. The van der Waals surface area contributed by atoms with Gasteiger partial charge in [-0.1, -0.05) is 51.9 Å². The van der Waals surface area contributed by atoms with E-state index in [9.17, 15) is 19.8 Å². The molecule has 0 heterocycles. The summed E-state index contributed by atoms with van der Waals surface area (Å²) in [6, 6.07) is 0. The average Bonchev–Trinajstić information content (AvgIpc) is 2.96. The predicted octanol–water partition coefficient (Wildman–Crippen LogP) is 3.92. The number of nitrogens with zero attached hydrogens (tertiary/aromatic N) is 1. The zero-order valence-corrected chi connectivity index (χ0v) is 28.6. The number of amides is 1. The minimum Gasteiger partial charge on any atom is -0.477 e. The molecule has 4 unspecified atom stereocenters. The lowest BCUT2D eigenvalue weighted by Gasteiger charge is -2.29. The summed E-state index contributed by atoms with van der Waals surface area (Å²) in [5.41, 5.74) is 0. The lowest BCUT2D eigenvalue weighted by molar-refractivity contribution is -0.883. The highest BCUT2D eigenvalue weighted by atomic mass is 16.5. The molecule has 4 N–H and O–H groups in total. The number of rotatable bonds is 32. The van der Waals surface area contributed by atoms with Crippen LogP contribution >= 0.6 is 0 Å². The minimum atomic E-state index is -0.820. The van der Waals surface area contributed by atoms with Gasteiger partial charge < -0.3 is 44.1 Å². The second-order valence-electron chi connectivity index (χ2n) is 12.3. The number of carboxylic acids is 1. The zero-order valence-electron chi connectivity index (χ0n) is 28.6. The van der Waals surface area contributed by atoms with Gasteiger partial charge in [0.05, 0.1) is 71.5 Å². The average molecular weight is 636 g/mol. The number of aliphatic hydroxyl groups excluding tert-OH is 2. The molecule has 11 nitrogen and oxygen atoms in total. The first-order chi connectivity index (χ1) is 21.1. The quantitative estimate of drug-likeness (QED) is 0.0639. The Labute approximate surface area is 267 Å². The van der Waals surface area contributed by atoms with Crippen molar-refractivity contribution in [3.8, 4) is 0 Å². The summed E-state index contributed by atoms with van der Waals surface area (Å²) >= 11 is 0. The van der Waals surface area contributed by atoms with Crippen LogP contribution in [0.4, 0.5) is 0 Å². The van der Waals surface area contributed by atoms with Crippen molar-refractivity contribution >= 4 is 11.9 Å². The van der Waals surface area contributed by atoms with E-state index >= 15 is 0 Å². The first kappa shape index (κ1) is 42.7. The number of quaternary nitrogens is 1. The highest BCUT2D eigenvalue weighted by Gasteiger charge is 2.28. The van der Waals surface area contributed by atoms with Crippen LogP contribution in [0.1, 0.15) is 104 Å². The van der Waals surface area contributed by atoms with Gasteiger partial charge in [-0.3, -0.25) is 4.79 Å². The Morgan fingerprint density at radius 3 is 1.77 bits per heavy atom. The topological polar surface area (TPSA) is 144 Å². The van der Waals surface area contributed by atoms with Gasteiger partial charge in [0, 0.05) is 39.0 Å². The molecule has 11 heteroatoms. The van der Waals surface area contributed by atoms with Crippen LogP contribution < -0.4 is 5.32 Å². The minimum absolute atomic E-state index is 0.0350. The van der Waals surface area contributed by atoms with Crippen molar-refractivity contribution in [3.05, 3.63) is 0 Å². The van der Waals surface area contributed by atoms with Crippen LogP contribution in [0.25, 0.3) is 0 Å². The van der Waals surface area contributed by atoms with Gasteiger partial charge >= 0.3 is 5.97 Å². The molecule has 44 heavy (non-hydrogen) atoms. The summed E-state index contributed by atoms with van der Waals surface area (Å²) in [5.74, 6) is -0.785. The van der Waals surface area contributed by atoms with Crippen molar-refractivity contribution in [2.75, 3.05) is 73.4 Å². The van der Waals surface area contributed by atoms with Gasteiger partial charge in [0.1, 0.15) is 0 Å². The van der Waals surface area contributed by atoms with E-state index in [4.69, 9.17) is 24.1 Å². The van der Waals surface area contributed by atoms with Crippen LogP contribution in [0.2, 0.25) is 0 Å². The Morgan fingerprint density at radius 1 is 0.727 bits per heavy atom. The molecule has 4 atom stereocenters. The third-order valence-corrected chi connectivity index (χ3v) is 7.68. The molecule has 0 spiro atoms. The van der Waals surface area contributed by atoms with Crippen molar-refractivity contribution in [3.63, 3.8) is 0 Å². The summed E-state index contributed by atoms with van der Waals surface area (Å²) in [6.45, 7) is 10.3. The molecule has 0 bridgehead atoms. The van der Waals surface area contributed by atoms with Crippen LogP contribution in [0.5, 0.6) is 0 Å². The Hall–Kier alpha value is -1.34. The van der Waals surface area contributed by atoms with Gasteiger partial charge in [-0.15, -0.1) is 0 Å². The van der Waals surface area contributed by atoms with Crippen molar-refractivity contribution < 1.29 is 48.3 Å². The summed E-state index contributed by atoms with van der Waals surface area (Å²) in [7, 11) is 3.75. The fraction of sp³-hybridized carbons (Fsp3) is 0.939. The number of unbranched alkanes of at least 4 members (excludes halogenated alkanes) is 6. The molecule has 1 amide bonds. The number of carbonyl (C=O) groups is 2. The Balaban J connectivity index is 4.51. The van der Waals surface area contributed by atoms with Crippen molar-refractivity contribution in [2.24, 2.45) is 0 Å². The lowest BCUT2D eigenvalue weighted by Crippen LogP contribution is -2.45. The van der Waals surface area contributed by atoms with E-state index < -0.39 is 24.3 Å². The predicted molar refractivity (Wildman–Crippen MR) is 173 cm³/mol. The lowest BCUT2D eigenvalue weighted by atomic mass is 9.96. The maximum Gasteiger partial charge on any atom is 0.359 e. The standard InChI is InChI=1S/C33H66N2O9/c1-6-9-13-17-30(43-24-22-41-7-2)28(36)26-29(37)31(44-25-23-42-8-3)18-14-11-10-12-15-19-32(38)34-20-16-21-35(4,5)27-33(39)40/h28-31,36-37H,6-27H2,1-5H3,(H-,34,38,39,40)/p+1. The molecule has 0 fully saturated rings. The summed E-state index contributed by atoms with van der Waals surface area (Å²) < 4.78 is 23.2. The molecule has 0 aromatic rings. The van der Waals surface area contributed by atoms with Crippen LogP contribution in [-0.4, -0.2) is 129 Å². The third-order valence-electron chi connectivity index (χ3n) is 7.68. The number of hydrogen-bond acceptors (Lipinski definition) is 8. The normalized spacial score (nSPS) is 14.7. The van der Waals surface area contributed by atoms with Crippen molar-refractivity contribution in [1.82, 2.24) is 5.32 Å². The molecule has 262 valence electrons. The van der Waals surface area contributed by atoms with Gasteiger partial charge in [0.25, 0.3) is 0 Å². The van der Waals surface area contributed by atoms with Gasteiger partial charge in [-0.05, 0) is 33.1 Å². The maximum absolute atomic E-state index is 12.1. The van der Waals surface area contributed by atoms with E-state index in [1.165, 1.54) is 0 Å². The van der Waals surface area contributed by atoms with Crippen molar-refractivity contribution in [1.29, 1.82) is 0 Å². The number of carbonyl (C=O) groups excluding carboxylic acids is 1. The van der Waals surface area contributed by atoms with Gasteiger partial charge in [-0.25, -0.2) is 4.79 Å². The smallest absolute Gasteiger partial charge is 0.359 e. The fourth-order valence-electron chi connectivity index (χ4n) is 5.16. The summed E-state index contributed by atoms with van der Waals surface area (Å²) in [4.78, 5) is 23.1. The molecule has 0 aliphatic carbocycles. The Bertz CT molecular complexity index is 696. The van der Waals surface area contributed by atoms with E-state index in [2.05, 4.69) is 12.2 Å². The first-order valence-electron chi connectivity index (χ1n) is 17.1. The van der Waals surface area contributed by atoms with E-state index in [0.29, 0.717) is 70.1 Å². The van der Waals surface area contributed by atoms with Crippen LogP contribution in [-0.2, 0) is 28.5 Å². The highest BCUT2D eigenvalue weighted by molar-refractivity contribution is 5.75. The molecule has 0 saturated carbocycles. The Morgan fingerprint density at radius 2 is 1.25 bits per heavy atom. The number of ether oxygens (including phenoxy) is 4. The second-order valence-corrected chi connectivity index (χ2v) is 12.3. The van der Waals surface area contributed by atoms with E-state index in [0.717, 1.165) is 64.2 Å². The molecular formula is C33H67N2O9+. The number of carboxylic acid groups (broad SMARTS) is 1. The molecule has 0 aliphatic rings. The number of aliphatic carboxylic acids is 1. The molecule has 0 aromatic heterocycles. The summed E-state index contributed by atoms with van der Waals surface area (Å²) in [6.07, 6.45) is 8.23. The fourth-order valence-corrected chi connectivity index (χ4v) is 5.16. The number of nitrogens with one attached hydrogen (secondary N) is 1. The van der Waals surface area contributed by atoms with E-state index in [-0.39, 0.29) is 25.0 Å².